The Labute approximate surface area is 144 Å². The Bertz CT molecular complexity index is 681. The van der Waals surface area contributed by atoms with Crippen molar-refractivity contribution < 1.29 is 19.1 Å². The van der Waals surface area contributed by atoms with E-state index in [4.69, 9.17) is 16.3 Å². The van der Waals surface area contributed by atoms with Gasteiger partial charge in [-0.3, -0.25) is 15.0 Å². The normalized spacial score (nSPS) is 19.9. The molecule has 0 spiro atoms. The van der Waals surface area contributed by atoms with Crippen LogP contribution in [0.15, 0.2) is 18.2 Å². The first-order valence-electron chi connectivity index (χ1n) is 7.34. The number of rotatable bonds is 6. The number of anilines is 1. The SMILES string of the molecule is CCC1(C)NC(=O)N(NC(=O)CNc2cc(OC)ccc2Cl)C1=O. The van der Waals surface area contributed by atoms with Crippen LogP contribution in [0.2, 0.25) is 5.02 Å². The highest BCUT2D eigenvalue weighted by atomic mass is 35.5. The lowest BCUT2D eigenvalue weighted by Gasteiger charge is -2.19. The number of methoxy groups -OCH3 is 1. The van der Waals surface area contributed by atoms with Crippen LogP contribution < -0.4 is 20.8 Å². The number of benzene rings is 1. The Morgan fingerprint density at radius 3 is 2.71 bits per heavy atom. The molecule has 1 atom stereocenters. The van der Waals surface area contributed by atoms with Gasteiger partial charge in [0.05, 0.1) is 24.4 Å². The van der Waals surface area contributed by atoms with Crippen LogP contribution in [0.5, 0.6) is 5.75 Å². The zero-order valence-corrected chi connectivity index (χ0v) is 14.4. The number of hydrogen-bond donors (Lipinski definition) is 3. The first-order chi connectivity index (χ1) is 11.3. The van der Waals surface area contributed by atoms with Gasteiger partial charge in [0.15, 0.2) is 0 Å². The lowest BCUT2D eigenvalue weighted by molar-refractivity contribution is -0.138. The number of ether oxygens (including phenoxy) is 1. The summed E-state index contributed by atoms with van der Waals surface area (Å²) in [6.07, 6.45) is 0.418. The Kier molecular flexibility index (Phi) is 5.18. The first kappa shape index (κ1) is 17.9. The van der Waals surface area contributed by atoms with Crippen LogP contribution in [0, 0.1) is 0 Å². The van der Waals surface area contributed by atoms with E-state index in [1.54, 1.807) is 32.0 Å². The minimum absolute atomic E-state index is 0.174. The third-order valence-electron chi connectivity index (χ3n) is 3.82. The summed E-state index contributed by atoms with van der Waals surface area (Å²) in [5.41, 5.74) is 1.78. The molecule has 1 heterocycles. The second-order valence-electron chi connectivity index (χ2n) is 5.49. The predicted molar refractivity (Wildman–Crippen MR) is 88.7 cm³/mol. The molecule has 1 aromatic carbocycles. The molecule has 0 saturated carbocycles. The van der Waals surface area contributed by atoms with Crippen LogP contribution in [0.25, 0.3) is 0 Å². The summed E-state index contributed by atoms with van der Waals surface area (Å²) >= 11 is 6.03. The molecule has 24 heavy (non-hydrogen) atoms. The third-order valence-corrected chi connectivity index (χ3v) is 4.15. The standard InChI is InChI=1S/C15H19ClN4O4/c1-4-15(2)13(22)20(14(23)18-15)19-12(21)8-17-11-7-9(24-3)5-6-10(11)16/h5-7,17H,4,8H2,1-3H3,(H,18,23)(H,19,21). The Morgan fingerprint density at radius 2 is 2.12 bits per heavy atom. The molecule has 2 rings (SSSR count). The molecule has 0 bridgehead atoms. The highest BCUT2D eigenvalue weighted by Crippen LogP contribution is 2.26. The van der Waals surface area contributed by atoms with E-state index in [1.165, 1.54) is 7.11 Å². The fraction of sp³-hybridized carbons (Fsp3) is 0.400. The molecule has 3 N–H and O–H groups in total. The molecule has 9 heteroatoms. The van der Waals surface area contributed by atoms with E-state index >= 15 is 0 Å². The fourth-order valence-corrected chi connectivity index (χ4v) is 2.32. The van der Waals surface area contributed by atoms with Crippen LogP contribution in [0.3, 0.4) is 0 Å². The fourth-order valence-electron chi connectivity index (χ4n) is 2.13. The van der Waals surface area contributed by atoms with Gasteiger partial charge in [0, 0.05) is 6.07 Å². The average molecular weight is 355 g/mol. The summed E-state index contributed by atoms with van der Waals surface area (Å²) in [4.78, 5) is 36.0. The van der Waals surface area contributed by atoms with Crippen molar-refractivity contribution in [2.24, 2.45) is 0 Å². The van der Waals surface area contributed by atoms with Crippen molar-refractivity contribution in [1.82, 2.24) is 15.8 Å². The molecule has 1 aliphatic heterocycles. The van der Waals surface area contributed by atoms with Crippen molar-refractivity contribution in [3.63, 3.8) is 0 Å². The average Bonchev–Trinajstić information content (AvgIpc) is 2.78. The highest BCUT2D eigenvalue weighted by molar-refractivity contribution is 6.33. The van der Waals surface area contributed by atoms with Crippen molar-refractivity contribution in [1.29, 1.82) is 0 Å². The third kappa shape index (κ3) is 3.53. The maximum Gasteiger partial charge on any atom is 0.344 e. The van der Waals surface area contributed by atoms with E-state index < -0.39 is 23.4 Å². The molecule has 130 valence electrons. The smallest absolute Gasteiger partial charge is 0.344 e. The molecule has 4 amide bonds. The Hall–Kier alpha value is -2.48. The zero-order valence-electron chi connectivity index (χ0n) is 13.6. The van der Waals surface area contributed by atoms with Gasteiger partial charge in [-0.25, -0.2) is 4.79 Å². The van der Waals surface area contributed by atoms with Gasteiger partial charge in [-0.15, -0.1) is 0 Å². The van der Waals surface area contributed by atoms with Gasteiger partial charge in [-0.05, 0) is 25.5 Å². The Morgan fingerprint density at radius 1 is 1.42 bits per heavy atom. The topological polar surface area (TPSA) is 99.8 Å². The highest BCUT2D eigenvalue weighted by Gasteiger charge is 2.47. The lowest BCUT2D eigenvalue weighted by atomic mass is 10.00. The van der Waals surface area contributed by atoms with Crippen LogP contribution in [0.1, 0.15) is 20.3 Å². The molecule has 0 radical (unpaired) electrons. The van der Waals surface area contributed by atoms with E-state index in [9.17, 15) is 14.4 Å². The van der Waals surface area contributed by atoms with Gasteiger partial charge < -0.3 is 15.4 Å². The maximum atomic E-state index is 12.2. The number of urea groups is 1. The quantitative estimate of drug-likeness (QED) is 0.672. The zero-order chi connectivity index (χ0) is 17.9. The molecule has 0 aliphatic carbocycles. The molecular formula is C15H19ClN4O4. The summed E-state index contributed by atoms with van der Waals surface area (Å²) in [6, 6.07) is 4.30. The number of imide groups is 1. The van der Waals surface area contributed by atoms with Crippen LogP contribution in [-0.4, -0.2) is 42.0 Å². The molecule has 1 aliphatic rings. The summed E-state index contributed by atoms with van der Waals surface area (Å²) in [6.45, 7) is 3.20. The number of carbonyl (C=O) groups excluding carboxylic acids is 3. The molecular weight excluding hydrogens is 336 g/mol. The maximum absolute atomic E-state index is 12.2. The predicted octanol–water partition coefficient (Wildman–Crippen LogP) is 1.51. The minimum Gasteiger partial charge on any atom is -0.497 e. The van der Waals surface area contributed by atoms with Gasteiger partial charge in [0.2, 0.25) is 0 Å². The molecule has 0 aromatic heterocycles. The van der Waals surface area contributed by atoms with Gasteiger partial charge in [0.1, 0.15) is 11.3 Å². The number of nitrogens with one attached hydrogen (secondary N) is 3. The summed E-state index contributed by atoms with van der Waals surface area (Å²) in [5.74, 6) is -0.476. The summed E-state index contributed by atoms with van der Waals surface area (Å²) < 4.78 is 5.08. The van der Waals surface area contributed by atoms with E-state index in [1.807, 2.05) is 0 Å². The van der Waals surface area contributed by atoms with Gasteiger partial charge in [-0.2, -0.15) is 5.01 Å². The minimum atomic E-state index is -1.01. The lowest BCUT2D eigenvalue weighted by Crippen LogP contribution is -2.50. The second-order valence-corrected chi connectivity index (χ2v) is 5.90. The largest absolute Gasteiger partial charge is 0.497 e. The van der Waals surface area contributed by atoms with Gasteiger partial charge in [0.25, 0.3) is 11.8 Å². The summed E-state index contributed by atoms with van der Waals surface area (Å²) in [7, 11) is 1.52. The van der Waals surface area contributed by atoms with Crippen molar-refractivity contribution in [3.8, 4) is 5.75 Å². The Balaban J connectivity index is 1.97. The first-order valence-corrected chi connectivity index (χ1v) is 7.72. The van der Waals surface area contributed by atoms with Gasteiger partial charge in [-0.1, -0.05) is 18.5 Å². The number of hydrazine groups is 1. The molecule has 1 aromatic rings. The summed E-state index contributed by atoms with van der Waals surface area (Å²) in [5, 5.41) is 6.49. The van der Waals surface area contributed by atoms with Crippen molar-refractivity contribution in [3.05, 3.63) is 23.2 Å². The molecule has 1 fully saturated rings. The van der Waals surface area contributed by atoms with Crippen LogP contribution in [-0.2, 0) is 9.59 Å². The van der Waals surface area contributed by atoms with Gasteiger partial charge >= 0.3 is 6.03 Å². The van der Waals surface area contributed by atoms with E-state index in [-0.39, 0.29) is 6.54 Å². The molecule has 1 saturated heterocycles. The second kappa shape index (κ2) is 6.96. The van der Waals surface area contributed by atoms with Crippen molar-refractivity contribution in [2.75, 3.05) is 19.0 Å². The number of amides is 4. The number of halogens is 1. The molecule has 1 unspecified atom stereocenters. The number of nitrogens with zero attached hydrogens (tertiary/aromatic N) is 1. The van der Waals surface area contributed by atoms with E-state index in [0.29, 0.717) is 27.9 Å². The monoisotopic (exact) mass is 354 g/mol. The van der Waals surface area contributed by atoms with Crippen molar-refractivity contribution >= 4 is 35.1 Å². The van der Waals surface area contributed by atoms with E-state index in [0.717, 1.165) is 0 Å². The van der Waals surface area contributed by atoms with Crippen molar-refractivity contribution in [2.45, 2.75) is 25.8 Å². The number of hydrogen-bond acceptors (Lipinski definition) is 5. The van der Waals surface area contributed by atoms with Crippen LogP contribution in [0.4, 0.5) is 10.5 Å². The van der Waals surface area contributed by atoms with Crippen LogP contribution >= 0.6 is 11.6 Å². The number of carbonyl (C=O) groups is 3. The van der Waals surface area contributed by atoms with E-state index in [2.05, 4.69) is 16.1 Å². The molecule has 8 nitrogen and oxygen atoms in total.